The summed E-state index contributed by atoms with van der Waals surface area (Å²) in [6, 6.07) is 4.00. The molecule has 0 saturated carbocycles. The molecule has 1 heterocycles. The topological polar surface area (TPSA) is 85.9 Å². The number of benzene rings is 1. The predicted molar refractivity (Wildman–Crippen MR) is 44.1 cm³/mol. The molecule has 68 valence electrons. The Morgan fingerprint density at radius 1 is 1.36 bits per heavy atom. The Morgan fingerprint density at radius 2 is 2.07 bits per heavy atom. The molecule has 0 bridgehead atoms. The van der Waals surface area contributed by atoms with E-state index in [1.54, 1.807) is 0 Å². The zero-order valence-corrected chi connectivity index (χ0v) is 11.3. The minimum absolute atomic E-state index is 0. The van der Waals surface area contributed by atoms with E-state index in [0.717, 1.165) is 0 Å². The van der Waals surface area contributed by atoms with Crippen molar-refractivity contribution in [2.24, 2.45) is 0 Å². The van der Waals surface area contributed by atoms with Crippen LogP contribution in [0, 0.1) is 0 Å². The van der Waals surface area contributed by atoms with Crippen LogP contribution in [0.2, 0.25) is 0 Å². The summed E-state index contributed by atoms with van der Waals surface area (Å²) in [6.45, 7) is 0. The third-order valence-electron chi connectivity index (χ3n) is 1.68. The molecule has 14 heavy (non-hydrogen) atoms. The first kappa shape index (κ1) is 12.3. The van der Waals surface area contributed by atoms with E-state index in [4.69, 9.17) is 0 Å². The van der Waals surface area contributed by atoms with E-state index in [-0.39, 0.29) is 56.3 Å². The Hall–Kier alpha value is 0.236. The molecule has 2 rings (SSSR count). The van der Waals surface area contributed by atoms with Gasteiger partial charge in [-0.2, -0.15) is 0 Å². The Morgan fingerprint density at radius 3 is 2.71 bits per heavy atom. The quantitative estimate of drug-likeness (QED) is 0.437. The third kappa shape index (κ3) is 2.43. The SMILES string of the molecule is O=S(=O)([O-])c1ccc2[nH]cnc2c1.[K+]. The van der Waals surface area contributed by atoms with Gasteiger partial charge in [0, 0.05) is 0 Å². The van der Waals surface area contributed by atoms with Crippen molar-refractivity contribution in [2.45, 2.75) is 4.90 Å². The summed E-state index contributed by atoms with van der Waals surface area (Å²) in [5, 5.41) is 0. The summed E-state index contributed by atoms with van der Waals surface area (Å²) in [7, 11) is -4.38. The van der Waals surface area contributed by atoms with Gasteiger partial charge in [-0.3, -0.25) is 0 Å². The van der Waals surface area contributed by atoms with Gasteiger partial charge in [-0.1, -0.05) is 0 Å². The first-order valence-corrected chi connectivity index (χ1v) is 4.87. The van der Waals surface area contributed by atoms with Gasteiger partial charge in [-0.05, 0) is 18.2 Å². The van der Waals surface area contributed by atoms with Gasteiger partial charge in [0.15, 0.2) is 0 Å². The van der Waals surface area contributed by atoms with E-state index in [1.165, 1.54) is 24.5 Å². The summed E-state index contributed by atoms with van der Waals surface area (Å²) >= 11 is 0. The van der Waals surface area contributed by atoms with E-state index < -0.39 is 10.1 Å². The molecule has 7 heteroatoms. The summed E-state index contributed by atoms with van der Waals surface area (Å²) in [5.41, 5.74) is 1.17. The fourth-order valence-corrected chi connectivity index (χ4v) is 1.56. The number of hydrogen-bond donors (Lipinski definition) is 1. The zero-order valence-electron chi connectivity index (χ0n) is 7.39. The van der Waals surface area contributed by atoms with E-state index >= 15 is 0 Å². The number of rotatable bonds is 1. The van der Waals surface area contributed by atoms with Crippen LogP contribution in [-0.2, 0) is 10.1 Å². The van der Waals surface area contributed by atoms with Gasteiger partial charge in [-0.25, -0.2) is 13.4 Å². The first-order chi connectivity index (χ1) is 6.07. The van der Waals surface area contributed by atoms with Crippen molar-refractivity contribution in [3.63, 3.8) is 0 Å². The van der Waals surface area contributed by atoms with Crippen LogP contribution in [0.5, 0.6) is 0 Å². The van der Waals surface area contributed by atoms with Crippen LogP contribution >= 0.6 is 0 Å². The van der Waals surface area contributed by atoms with Gasteiger partial charge in [0.2, 0.25) is 0 Å². The van der Waals surface area contributed by atoms with Crippen LogP contribution in [0.3, 0.4) is 0 Å². The molecular weight excluding hydrogens is 231 g/mol. The fourth-order valence-electron chi connectivity index (χ4n) is 1.07. The van der Waals surface area contributed by atoms with Crippen LogP contribution in [0.15, 0.2) is 29.4 Å². The maximum absolute atomic E-state index is 10.6. The third-order valence-corrected chi connectivity index (χ3v) is 2.51. The molecule has 0 amide bonds. The number of fused-ring (bicyclic) bond motifs is 1. The molecule has 2 aromatic rings. The van der Waals surface area contributed by atoms with Crippen molar-refractivity contribution in [1.29, 1.82) is 0 Å². The van der Waals surface area contributed by atoms with E-state index in [0.29, 0.717) is 11.0 Å². The molecular formula is C7H5KN2O3S. The number of nitrogens with zero attached hydrogens (tertiary/aromatic N) is 1. The first-order valence-electron chi connectivity index (χ1n) is 3.46. The molecule has 0 atom stereocenters. The van der Waals surface area contributed by atoms with E-state index in [2.05, 4.69) is 9.97 Å². The second-order valence-corrected chi connectivity index (χ2v) is 3.92. The minimum atomic E-state index is -4.38. The molecule has 5 nitrogen and oxygen atoms in total. The summed E-state index contributed by atoms with van der Waals surface area (Å²) in [6.07, 6.45) is 1.44. The van der Waals surface area contributed by atoms with E-state index in [1.807, 2.05) is 0 Å². The molecule has 0 unspecified atom stereocenters. The van der Waals surface area contributed by atoms with Gasteiger partial charge in [0.05, 0.1) is 22.3 Å². The Labute approximate surface area is 123 Å². The van der Waals surface area contributed by atoms with Crippen LogP contribution < -0.4 is 51.4 Å². The molecule has 0 fully saturated rings. The van der Waals surface area contributed by atoms with Gasteiger partial charge in [-0.15, -0.1) is 0 Å². The molecule has 0 aliphatic heterocycles. The Bertz CT molecular complexity index is 549. The van der Waals surface area contributed by atoms with Gasteiger partial charge < -0.3 is 9.54 Å². The van der Waals surface area contributed by atoms with E-state index in [9.17, 15) is 13.0 Å². The normalized spacial score (nSPS) is 11.2. The molecule has 0 spiro atoms. The predicted octanol–water partition coefficient (Wildman–Crippen LogP) is -2.53. The monoisotopic (exact) mass is 236 g/mol. The molecule has 1 N–H and O–H groups in total. The molecule has 0 saturated heterocycles. The van der Waals surface area contributed by atoms with Crippen LogP contribution in [-0.4, -0.2) is 22.9 Å². The van der Waals surface area contributed by atoms with Crippen LogP contribution in [0.1, 0.15) is 0 Å². The number of H-pyrrole nitrogens is 1. The second kappa shape index (κ2) is 4.39. The largest absolute Gasteiger partial charge is 1.00 e. The van der Waals surface area contributed by atoms with Gasteiger partial charge in [0.25, 0.3) is 0 Å². The van der Waals surface area contributed by atoms with Crippen molar-refractivity contribution in [2.75, 3.05) is 0 Å². The van der Waals surface area contributed by atoms with Gasteiger partial charge >= 0.3 is 51.4 Å². The average Bonchev–Trinajstić information content (AvgIpc) is 2.47. The number of aromatic amines is 1. The van der Waals surface area contributed by atoms with Crippen molar-refractivity contribution < 1.29 is 64.4 Å². The number of imidazole rings is 1. The molecule has 0 aliphatic carbocycles. The second-order valence-electron chi connectivity index (χ2n) is 2.54. The van der Waals surface area contributed by atoms with Crippen LogP contribution in [0.4, 0.5) is 0 Å². The Kier molecular flexibility index (Phi) is 3.86. The average molecular weight is 236 g/mol. The maximum atomic E-state index is 10.6. The summed E-state index contributed by atoms with van der Waals surface area (Å²) in [4.78, 5) is 6.37. The molecule has 1 aromatic carbocycles. The smallest absolute Gasteiger partial charge is 0.744 e. The van der Waals surface area contributed by atoms with Crippen molar-refractivity contribution in [1.82, 2.24) is 9.97 Å². The zero-order chi connectivity index (χ0) is 9.47. The standard InChI is InChI=1S/C7H6N2O3S.K/c10-13(11,12)5-1-2-6-7(3-5)9-4-8-6;/h1-4H,(H,8,9)(H,10,11,12);/q;+1/p-1. The molecule has 1 aromatic heterocycles. The van der Waals surface area contributed by atoms with Crippen LogP contribution in [0.25, 0.3) is 11.0 Å². The van der Waals surface area contributed by atoms with Crippen molar-refractivity contribution >= 4 is 21.2 Å². The van der Waals surface area contributed by atoms with Crippen molar-refractivity contribution in [3.8, 4) is 0 Å². The van der Waals surface area contributed by atoms with Crippen molar-refractivity contribution in [3.05, 3.63) is 24.5 Å². The molecule has 0 aliphatic rings. The molecule has 0 radical (unpaired) electrons. The summed E-state index contributed by atoms with van der Waals surface area (Å²) < 4.78 is 31.8. The Balaban J connectivity index is 0.000000980. The number of hydrogen-bond acceptors (Lipinski definition) is 4. The van der Waals surface area contributed by atoms with Gasteiger partial charge in [0.1, 0.15) is 10.1 Å². The fraction of sp³-hybridized carbons (Fsp3) is 0. The maximum Gasteiger partial charge on any atom is 1.00 e. The summed E-state index contributed by atoms with van der Waals surface area (Å²) in [5.74, 6) is 0. The number of nitrogens with one attached hydrogen (secondary N) is 1. The number of aromatic nitrogens is 2. The minimum Gasteiger partial charge on any atom is -0.744 e.